The molecule has 0 fully saturated rings. The van der Waals surface area contributed by atoms with Crippen molar-refractivity contribution >= 4 is 23.9 Å². The summed E-state index contributed by atoms with van der Waals surface area (Å²) in [6.45, 7) is 1.85. The zero-order chi connectivity index (χ0) is 12.0. The fourth-order valence-electron chi connectivity index (χ4n) is 0.969. The van der Waals surface area contributed by atoms with Gasteiger partial charge in [-0.3, -0.25) is 9.52 Å². The van der Waals surface area contributed by atoms with E-state index in [9.17, 15) is 9.18 Å². The number of benzene rings is 1. The maximum Gasteiger partial charge on any atom is 0.289 e. The van der Waals surface area contributed by atoms with Gasteiger partial charge in [-0.05, 0) is 23.8 Å². The van der Waals surface area contributed by atoms with Crippen molar-refractivity contribution in [1.82, 2.24) is 4.72 Å². The number of nitrogens with one attached hydrogen (secondary N) is 1. The van der Waals surface area contributed by atoms with Crippen LogP contribution in [0.5, 0.6) is 5.75 Å². The highest BCUT2D eigenvalue weighted by molar-refractivity contribution is 7.97. The van der Waals surface area contributed by atoms with Crippen LogP contribution >= 0.6 is 11.9 Å². The number of amides is 1. The molecular formula is C11H12FNO2S. The first kappa shape index (κ1) is 12.6. The molecule has 0 aromatic heterocycles. The van der Waals surface area contributed by atoms with Crippen molar-refractivity contribution < 1.29 is 14.3 Å². The molecule has 0 aliphatic carbocycles. The standard InChI is InChI=1S/C11H12FNO2S/c1-2-16-13-11(15)10(12)7-8-3-5-9(14)6-4-8/h3-7,14H,2H2,1H3,(H,13,15)/b10-7-. The van der Waals surface area contributed by atoms with Crippen LogP contribution < -0.4 is 4.72 Å². The van der Waals surface area contributed by atoms with Crippen LogP contribution in [0.25, 0.3) is 6.08 Å². The van der Waals surface area contributed by atoms with E-state index < -0.39 is 11.7 Å². The molecule has 0 bridgehead atoms. The Morgan fingerprint density at radius 1 is 1.50 bits per heavy atom. The van der Waals surface area contributed by atoms with Crippen LogP contribution in [0.1, 0.15) is 12.5 Å². The first-order chi connectivity index (χ1) is 7.63. The van der Waals surface area contributed by atoms with Crippen LogP contribution in [0.15, 0.2) is 30.1 Å². The molecule has 1 amide bonds. The molecule has 0 aliphatic rings. The molecule has 1 aromatic rings. The summed E-state index contributed by atoms with van der Waals surface area (Å²) in [6.07, 6.45) is 1.12. The fraction of sp³-hybridized carbons (Fsp3) is 0.182. The van der Waals surface area contributed by atoms with Gasteiger partial charge in [-0.2, -0.15) is 0 Å². The quantitative estimate of drug-likeness (QED) is 0.629. The zero-order valence-electron chi connectivity index (χ0n) is 8.74. The normalized spacial score (nSPS) is 11.2. The molecule has 0 aliphatic heterocycles. The van der Waals surface area contributed by atoms with Crippen molar-refractivity contribution in [2.45, 2.75) is 6.92 Å². The van der Waals surface area contributed by atoms with Crippen LogP contribution in [0, 0.1) is 0 Å². The highest BCUT2D eigenvalue weighted by atomic mass is 32.2. The Labute approximate surface area is 97.5 Å². The van der Waals surface area contributed by atoms with Crippen molar-refractivity contribution in [2.24, 2.45) is 0 Å². The van der Waals surface area contributed by atoms with Crippen molar-refractivity contribution in [3.05, 3.63) is 35.7 Å². The second kappa shape index (κ2) is 6.17. The Balaban J connectivity index is 2.68. The number of phenols is 1. The zero-order valence-corrected chi connectivity index (χ0v) is 9.55. The minimum Gasteiger partial charge on any atom is -0.508 e. The Morgan fingerprint density at radius 2 is 2.12 bits per heavy atom. The molecule has 2 N–H and O–H groups in total. The van der Waals surface area contributed by atoms with Crippen LogP contribution in [0.3, 0.4) is 0 Å². The van der Waals surface area contributed by atoms with E-state index in [0.717, 1.165) is 18.0 Å². The summed E-state index contributed by atoms with van der Waals surface area (Å²) in [7, 11) is 0. The number of halogens is 1. The van der Waals surface area contributed by atoms with Gasteiger partial charge < -0.3 is 5.11 Å². The Morgan fingerprint density at radius 3 is 2.69 bits per heavy atom. The fourth-order valence-corrected chi connectivity index (χ4v) is 1.34. The topological polar surface area (TPSA) is 49.3 Å². The van der Waals surface area contributed by atoms with E-state index in [1.165, 1.54) is 24.3 Å². The van der Waals surface area contributed by atoms with Crippen molar-refractivity contribution in [1.29, 1.82) is 0 Å². The predicted octanol–water partition coefficient (Wildman–Crippen LogP) is 2.49. The number of hydrogen-bond donors (Lipinski definition) is 2. The maximum absolute atomic E-state index is 13.3. The SMILES string of the molecule is CCSNC(=O)/C(F)=C/c1ccc(O)cc1. The van der Waals surface area contributed by atoms with Gasteiger partial charge in [0.2, 0.25) is 0 Å². The lowest BCUT2D eigenvalue weighted by Crippen LogP contribution is -2.16. The average molecular weight is 241 g/mol. The number of phenolic OH excluding ortho intramolecular Hbond substituents is 1. The molecule has 0 radical (unpaired) electrons. The first-order valence-electron chi connectivity index (χ1n) is 4.72. The van der Waals surface area contributed by atoms with Gasteiger partial charge in [-0.25, -0.2) is 4.39 Å². The molecule has 16 heavy (non-hydrogen) atoms. The van der Waals surface area contributed by atoms with E-state index in [2.05, 4.69) is 4.72 Å². The summed E-state index contributed by atoms with van der Waals surface area (Å²) in [5, 5.41) is 9.02. The van der Waals surface area contributed by atoms with Crippen LogP contribution in [0.2, 0.25) is 0 Å². The minimum absolute atomic E-state index is 0.101. The van der Waals surface area contributed by atoms with Gasteiger partial charge in [0.1, 0.15) is 5.75 Å². The van der Waals surface area contributed by atoms with Crippen molar-refractivity contribution in [3.8, 4) is 5.75 Å². The molecular weight excluding hydrogens is 229 g/mol. The molecule has 3 nitrogen and oxygen atoms in total. The first-order valence-corrected chi connectivity index (χ1v) is 5.70. The molecule has 0 saturated carbocycles. The lowest BCUT2D eigenvalue weighted by atomic mass is 10.2. The number of carbonyl (C=O) groups is 1. The Hall–Kier alpha value is -1.49. The third kappa shape index (κ3) is 3.94. The summed E-state index contributed by atoms with van der Waals surface area (Å²) in [6, 6.07) is 5.90. The van der Waals surface area contributed by atoms with E-state index in [-0.39, 0.29) is 5.75 Å². The number of carbonyl (C=O) groups excluding carboxylic acids is 1. The van der Waals surface area contributed by atoms with Gasteiger partial charge in [-0.1, -0.05) is 31.0 Å². The molecule has 1 rings (SSSR count). The predicted molar refractivity (Wildman–Crippen MR) is 63.5 cm³/mol. The number of rotatable bonds is 4. The van der Waals surface area contributed by atoms with Gasteiger partial charge in [0.25, 0.3) is 5.91 Å². The smallest absolute Gasteiger partial charge is 0.289 e. The van der Waals surface area contributed by atoms with E-state index in [4.69, 9.17) is 5.11 Å². The largest absolute Gasteiger partial charge is 0.508 e. The van der Waals surface area contributed by atoms with E-state index in [1.807, 2.05) is 6.92 Å². The lowest BCUT2D eigenvalue weighted by Gasteiger charge is -2.00. The van der Waals surface area contributed by atoms with Gasteiger partial charge in [0.05, 0.1) is 0 Å². The Bertz CT molecular complexity index is 389. The lowest BCUT2D eigenvalue weighted by molar-refractivity contribution is -0.116. The van der Waals surface area contributed by atoms with Gasteiger partial charge in [-0.15, -0.1) is 0 Å². The molecule has 0 unspecified atom stereocenters. The van der Waals surface area contributed by atoms with E-state index in [1.54, 1.807) is 0 Å². The molecule has 1 aromatic carbocycles. The summed E-state index contributed by atoms with van der Waals surface area (Å²) >= 11 is 1.14. The minimum atomic E-state index is -0.855. The number of hydrogen-bond acceptors (Lipinski definition) is 3. The van der Waals surface area contributed by atoms with Crippen LogP contribution in [-0.2, 0) is 4.79 Å². The van der Waals surface area contributed by atoms with Gasteiger partial charge in [0, 0.05) is 5.75 Å². The maximum atomic E-state index is 13.3. The molecule has 5 heteroatoms. The monoisotopic (exact) mass is 241 g/mol. The molecule has 0 spiro atoms. The number of aromatic hydroxyl groups is 1. The van der Waals surface area contributed by atoms with E-state index >= 15 is 0 Å². The second-order valence-electron chi connectivity index (χ2n) is 2.95. The van der Waals surface area contributed by atoms with Crippen molar-refractivity contribution in [2.75, 3.05) is 5.75 Å². The van der Waals surface area contributed by atoms with Gasteiger partial charge in [0.15, 0.2) is 5.83 Å². The molecule has 0 saturated heterocycles. The highest BCUT2D eigenvalue weighted by Gasteiger charge is 2.07. The van der Waals surface area contributed by atoms with E-state index in [0.29, 0.717) is 11.3 Å². The highest BCUT2D eigenvalue weighted by Crippen LogP contribution is 2.13. The Kier molecular flexibility index (Phi) is 4.85. The third-order valence-electron chi connectivity index (χ3n) is 1.71. The van der Waals surface area contributed by atoms with Crippen LogP contribution in [0.4, 0.5) is 4.39 Å². The van der Waals surface area contributed by atoms with Gasteiger partial charge >= 0.3 is 0 Å². The van der Waals surface area contributed by atoms with Crippen molar-refractivity contribution in [3.63, 3.8) is 0 Å². The summed E-state index contributed by atoms with van der Waals surface area (Å²) < 4.78 is 15.6. The third-order valence-corrected chi connectivity index (χ3v) is 2.33. The summed E-state index contributed by atoms with van der Waals surface area (Å²) in [5.41, 5.74) is 0.520. The molecule has 86 valence electrons. The molecule has 0 atom stereocenters. The van der Waals surface area contributed by atoms with Crippen LogP contribution in [-0.4, -0.2) is 16.8 Å². The summed E-state index contributed by atoms with van der Waals surface area (Å²) in [5.74, 6) is -0.826. The second-order valence-corrected chi connectivity index (χ2v) is 4.02. The molecule has 0 heterocycles. The summed E-state index contributed by atoms with van der Waals surface area (Å²) in [4.78, 5) is 11.1. The average Bonchev–Trinajstić information content (AvgIpc) is 2.29.